The van der Waals surface area contributed by atoms with Gasteiger partial charge >= 0.3 is 0 Å². The second-order valence-corrected chi connectivity index (χ2v) is 7.45. The molecule has 1 atom stereocenters. The fourth-order valence-electron chi connectivity index (χ4n) is 3.88. The van der Waals surface area contributed by atoms with Gasteiger partial charge in [-0.1, -0.05) is 6.92 Å². The third-order valence-corrected chi connectivity index (χ3v) is 5.41. The molecule has 1 aromatic heterocycles. The molecule has 1 aliphatic carbocycles. The van der Waals surface area contributed by atoms with Gasteiger partial charge in [0, 0.05) is 6.04 Å². The van der Waals surface area contributed by atoms with Crippen LogP contribution in [-0.2, 0) is 16.1 Å². The Kier molecular flexibility index (Phi) is 6.13. The number of nitrogens with one attached hydrogen (secondary N) is 2. The average molecular weight is 347 g/mol. The highest BCUT2D eigenvalue weighted by molar-refractivity contribution is 5.84. The lowest BCUT2D eigenvalue weighted by Crippen LogP contribution is -2.48. The number of likely N-dealkylation sites (tertiary alicyclic amines) is 1. The summed E-state index contributed by atoms with van der Waals surface area (Å²) in [6.45, 7) is 3.77. The predicted molar refractivity (Wildman–Crippen MR) is 94.7 cm³/mol. The minimum absolute atomic E-state index is 0.0202. The summed E-state index contributed by atoms with van der Waals surface area (Å²) in [6.07, 6.45) is 7.86. The average Bonchev–Trinajstić information content (AvgIpc) is 3.26. The smallest absolute Gasteiger partial charge is 0.237 e. The molecule has 0 radical (unpaired) electrons. The van der Waals surface area contributed by atoms with E-state index in [1.54, 1.807) is 12.3 Å². The molecule has 6 heteroatoms. The number of amides is 2. The summed E-state index contributed by atoms with van der Waals surface area (Å²) in [7, 11) is 0. The highest BCUT2D eigenvalue weighted by Gasteiger charge is 2.32. The first-order chi connectivity index (χ1) is 12.1. The van der Waals surface area contributed by atoms with Crippen LogP contribution in [0.1, 0.15) is 51.2 Å². The van der Waals surface area contributed by atoms with Gasteiger partial charge in [0.15, 0.2) is 0 Å². The molecule has 1 saturated carbocycles. The predicted octanol–water partition coefficient (Wildman–Crippen LogP) is 2.06. The first-order valence-corrected chi connectivity index (χ1v) is 9.45. The maximum atomic E-state index is 12.4. The minimum Gasteiger partial charge on any atom is -0.467 e. The van der Waals surface area contributed by atoms with E-state index in [0.717, 1.165) is 43.9 Å². The van der Waals surface area contributed by atoms with Crippen LogP contribution in [0.15, 0.2) is 22.8 Å². The van der Waals surface area contributed by atoms with Gasteiger partial charge in [-0.2, -0.15) is 0 Å². The van der Waals surface area contributed by atoms with E-state index in [9.17, 15) is 9.59 Å². The van der Waals surface area contributed by atoms with E-state index in [1.165, 1.54) is 12.8 Å². The first-order valence-electron chi connectivity index (χ1n) is 9.45. The van der Waals surface area contributed by atoms with Crippen LogP contribution in [0.2, 0.25) is 0 Å². The molecule has 25 heavy (non-hydrogen) atoms. The number of rotatable bonds is 6. The van der Waals surface area contributed by atoms with Crippen molar-refractivity contribution in [2.45, 2.75) is 64.1 Å². The van der Waals surface area contributed by atoms with Gasteiger partial charge < -0.3 is 15.1 Å². The van der Waals surface area contributed by atoms with E-state index in [2.05, 4.69) is 17.6 Å². The summed E-state index contributed by atoms with van der Waals surface area (Å²) in [5, 5.41) is 6.06. The molecule has 0 bridgehead atoms. The lowest BCUT2D eigenvalue weighted by molar-refractivity contribution is -0.128. The lowest BCUT2D eigenvalue weighted by atomic mass is 9.87. The Balaban J connectivity index is 1.44. The van der Waals surface area contributed by atoms with Gasteiger partial charge in [0.25, 0.3) is 0 Å². The SMILES string of the molecule is CC1CCC(NC(=O)CN2CCCC2C(=O)NCc2ccco2)CC1. The maximum absolute atomic E-state index is 12.4. The van der Waals surface area contributed by atoms with E-state index in [0.29, 0.717) is 19.1 Å². The maximum Gasteiger partial charge on any atom is 0.237 e. The summed E-state index contributed by atoms with van der Waals surface area (Å²) in [6, 6.07) is 3.73. The summed E-state index contributed by atoms with van der Waals surface area (Å²) in [5.41, 5.74) is 0. The Morgan fingerprint density at radius 3 is 2.76 bits per heavy atom. The summed E-state index contributed by atoms with van der Waals surface area (Å²) in [4.78, 5) is 26.8. The molecule has 1 unspecified atom stereocenters. The number of carbonyl (C=O) groups is 2. The molecule has 1 aromatic rings. The topological polar surface area (TPSA) is 74.6 Å². The van der Waals surface area contributed by atoms with Gasteiger partial charge in [-0.15, -0.1) is 0 Å². The fraction of sp³-hybridized carbons (Fsp3) is 0.684. The molecule has 1 saturated heterocycles. The van der Waals surface area contributed by atoms with Crippen molar-refractivity contribution < 1.29 is 14.0 Å². The number of hydrogen-bond acceptors (Lipinski definition) is 4. The monoisotopic (exact) mass is 347 g/mol. The number of nitrogens with zero attached hydrogens (tertiary/aromatic N) is 1. The molecule has 2 fully saturated rings. The third-order valence-electron chi connectivity index (χ3n) is 5.41. The molecule has 6 nitrogen and oxygen atoms in total. The van der Waals surface area contributed by atoms with Crippen molar-refractivity contribution in [3.05, 3.63) is 24.2 Å². The quantitative estimate of drug-likeness (QED) is 0.826. The van der Waals surface area contributed by atoms with Crippen molar-refractivity contribution in [3.8, 4) is 0 Å². The zero-order valence-electron chi connectivity index (χ0n) is 15.0. The number of carbonyl (C=O) groups excluding carboxylic acids is 2. The molecular weight excluding hydrogens is 318 g/mol. The minimum atomic E-state index is -0.216. The van der Waals surface area contributed by atoms with Crippen LogP contribution < -0.4 is 10.6 Å². The van der Waals surface area contributed by atoms with Crippen LogP contribution in [0, 0.1) is 5.92 Å². The molecule has 138 valence electrons. The highest BCUT2D eigenvalue weighted by atomic mass is 16.3. The van der Waals surface area contributed by atoms with Crippen LogP contribution in [-0.4, -0.2) is 41.9 Å². The Bertz CT molecular complexity index is 564. The highest BCUT2D eigenvalue weighted by Crippen LogP contribution is 2.23. The van der Waals surface area contributed by atoms with E-state index in [1.807, 2.05) is 11.0 Å². The second-order valence-electron chi connectivity index (χ2n) is 7.45. The van der Waals surface area contributed by atoms with Crippen LogP contribution in [0.4, 0.5) is 0 Å². The first kappa shape index (κ1) is 18.0. The Morgan fingerprint density at radius 1 is 1.24 bits per heavy atom. The molecule has 3 rings (SSSR count). The van der Waals surface area contributed by atoms with Gasteiger partial charge in [-0.05, 0) is 63.1 Å². The molecule has 2 amide bonds. The van der Waals surface area contributed by atoms with Crippen LogP contribution in [0.3, 0.4) is 0 Å². The van der Waals surface area contributed by atoms with E-state index in [-0.39, 0.29) is 17.9 Å². The largest absolute Gasteiger partial charge is 0.467 e. The molecule has 0 aromatic carbocycles. The molecule has 0 spiro atoms. The van der Waals surface area contributed by atoms with Crippen molar-refractivity contribution in [1.82, 2.24) is 15.5 Å². The molecular formula is C19H29N3O3. The van der Waals surface area contributed by atoms with Crippen molar-refractivity contribution in [2.75, 3.05) is 13.1 Å². The van der Waals surface area contributed by atoms with Gasteiger partial charge in [0.05, 0.1) is 25.4 Å². The summed E-state index contributed by atoms with van der Waals surface area (Å²) < 4.78 is 5.24. The second kappa shape index (κ2) is 8.52. The van der Waals surface area contributed by atoms with Crippen LogP contribution in [0.25, 0.3) is 0 Å². The number of furan rings is 1. The summed E-state index contributed by atoms with van der Waals surface area (Å²) >= 11 is 0. The summed E-state index contributed by atoms with van der Waals surface area (Å²) in [5.74, 6) is 1.54. The Labute approximate surface area is 149 Å². The van der Waals surface area contributed by atoms with Crippen molar-refractivity contribution in [1.29, 1.82) is 0 Å². The zero-order chi connectivity index (χ0) is 17.6. The van der Waals surface area contributed by atoms with Gasteiger partial charge in [-0.25, -0.2) is 0 Å². The van der Waals surface area contributed by atoms with Crippen molar-refractivity contribution in [2.24, 2.45) is 5.92 Å². The molecule has 2 aliphatic rings. The van der Waals surface area contributed by atoms with E-state index in [4.69, 9.17) is 4.42 Å². The normalized spacial score (nSPS) is 27.2. The van der Waals surface area contributed by atoms with Gasteiger partial charge in [0.2, 0.25) is 11.8 Å². The Hall–Kier alpha value is -1.82. The van der Waals surface area contributed by atoms with E-state index >= 15 is 0 Å². The van der Waals surface area contributed by atoms with Crippen LogP contribution in [0.5, 0.6) is 0 Å². The zero-order valence-corrected chi connectivity index (χ0v) is 15.0. The molecule has 2 heterocycles. The van der Waals surface area contributed by atoms with Crippen molar-refractivity contribution in [3.63, 3.8) is 0 Å². The third kappa shape index (κ3) is 5.08. The molecule has 1 aliphatic heterocycles. The molecule has 2 N–H and O–H groups in total. The lowest BCUT2D eigenvalue weighted by Gasteiger charge is -2.28. The van der Waals surface area contributed by atoms with Crippen LogP contribution >= 0.6 is 0 Å². The number of hydrogen-bond donors (Lipinski definition) is 2. The fourth-order valence-corrected chi connectivity index (χ4v) is 3.88. The van der Waals surface area contributed by atoms with Gasteiger partial charge in [-0.3, -0.25) is 14.5 Å². The van der Waals surface area contributed by atoms with E-state index < -0.39 is 0 Å². The van der Waals surface area contributed by atoms with Crippen molar-refractivity contribution >= 4 is 11.8 Å². The Morgan fingerprint density at radius 2 is 2.04 bits per heavy atom. The van der Waals surface area contributed by atoms with Gasteiger partial charge in [0.1, 0.15) is 5.76 Å². The standard InChI is InChI=1S/C19H29N3O3/c1-14-6-8-15(9-7-14)21-18(23)13-22-10-2-5-17(22)19(24)20-12-16-4-3-11-25-16/h3-4,11,14-15,17H,2,5-10,12-13H2,1H3,(H,20,24)(H,21,23).